The molecule has 0 N–H and O–H groups in total. The van der Waals surface area contributed by atoms with E-state index in [4.69, 9.17) is 18.9 Å². The third-order valence-electron chi connectivity index (χ3n) is 4.35. The second-order valence-electron chi connectivity index (χ2n) is 6.04. The summed E-state index contributed by atoms with van der Waals surface area (Å²) in [5, 5.41) is 0. The van der Waals surface area contributed by atoms with E-state index in [0.29, 0.717) is 43.4 Å². The van der Waals surface area contributed by atoms with Gasteiger partial charge >= 0.3 is 5.97 Å². The van der Waals surface area contributed by atoms with Gasteiger partial charge in [-0.1, -0.05) is 6.07 Å². The van der Waals surface area contributed by atoms with Crippen LogP contribution >= 0.6 is 0 Å². The van der Waals surface area contributed by atoms with Crippen molar-refractivity contribution in [3.63, 3.8) is 0 Å². The van der Waals surface area contributed by atoms with Crippen LogP contribution in [0.15, 0.2) is 18.2 Å². The zero-order valence-electron chi connectivity index (χ0n) is 14.4. The Labute approximate surface area is 146 Å². The van der Waals surface area contributed by atoms with Crippen molar-refractivity contribution in [2.45, 2.75) is 25.4 Å². The molecule has 0 saturated carbocycles. The standard InChI is InChI=1S/C18H23NO6/c1-22-16(20)7-8-19(12-13-4-3-9-23-13)18(21)14-5-2-6-15-17(14)25-11-10-24-15/h2,5-6,13H,3-4,7-12H2,1H3/t13-/m0/s1. The normalized spacial score (nSPS) is 18.7. The van der Waals surface area contributed by atoms with Gasteiger partial charge in [0.05, 0.1) is 25.2 Å². The number of methoxy groups -OCH3 is 1. The van der Waals surface area contributed by atoms with E-state index in [0.717, 1.165) is 12.8 Å². The first-order valence-electron chi connectivity index (χ1n) is 8.55. The van der Waals surface area contributed by atoms with Crippen LogP contribution in [0.5, 0.6) is 11.5 Å². The number of amides is 1. The minimum atomic E-state index is -0.347. The summed E-state index contributed by atoms with van der Waals surface area (Å²) in [6.07, 6.45) is 2.04. The van der Waals surface area contributed by atoms with E-state index in [1.54, 1.807) is 23.1 Å². The largest absolute Gasteiger partial charge is 0.486 e. The summed E-state index contributed by atoms with van der Waals surface area (Å²) in [7, 11) is 1.34. The number of hydrogen-bond donors (Lipinski definition) is 0. The highest BCUT2D eigenvalue weighted by Crippen LogP contribution is 2.34. The molecule has 0 aliphatic carbocycles. The van der Waals surface area contributed by atoms with Gasteiger partial charge in [0.1, 0.15) is 13.2 Å². The van der Waals surface area contributed by atoms with E-state index in [-0.39, 0.29) is 30.9 Å². The molecule has 25 heavy (non-hydrogen) atoms. The quantitative estimate of drug-likeness (QED) is 0.727. The number of fused-ring (bicyclic) bond motifs is 1. The summed E-state index contributed by atoms with van der Waals surface area (Å²) in [6, 6.07) is 5.27. The molecule has 1 atom stereocenters. The van der Waals surface area contributed by atoms with E-state index < -0.39 is 0 Å². The maximum atomic E-state index is 13.1. The van der Waals surface area contributed by atoms with Crippen LogP contribution in [0.4, 0.5) is 0 Å². The van der Waals surface area contributed by atoms with Crippen molar-refractivity contribution < 1.29 is 28.5 Å². The molecule has 0 bridgehead atoms. The van der Waals surface area contributed by atoms with Gasteiger partial charge in [-0.05, 0) is 25.0 Å². The van der Waals surface area contributed by atoms with Crippen molar-refractivity contribution in [3.8, 4) is 11.5 Å². The number of para-hydroxylation sites is 1. The number of benzene rings is 1. The van der Waals surface area contributed by atoms with Crippen molar-refractivity contribution in [2.24, 2.45) is 0 Å². The molecule has 3 rings (SSSR count). The maximum Gasteiger partial charge on any atom is 0.307 e. The van der Waals surface area contributed by atoms with Crippen LogP contribution in [-0.2, 0) is 14.3 Å². The SMILES string of the molecule is COC(=O)CCN(C[C@@H]1CCCO1)C(=O)c1cccc2c1OCCO2. The Bertz CT molecular complexity index is 626. The number of nitrogens with zero attached hydrogens (tertiary/aromatic N) is 1. The lowest BCUT2D eigenvalue weighted by molar-refractivity contribution is -0.140. The Balaban J connectivity index is 1.78. The van der Waals surface area contributed by atoms with E-state index in [9.17, 15) is 9.59 Å². The first-order chi connectivity index (χ1) is 12.2. The fraction of sp³-hybridized carbons (Fsp3) is 0.556. The summed E-state index contributed by atoms with van der Waals surface area (Å²) < 4.78 is 21.5. The molecule has 0 unspecified atom stereocenters. The molecule has 2 aliphatic heterocycles. The monoisotopic (exact) mass is 349 g/mol. The minimum absolute atomic E-state index is 0.00157. The summed E-state index contributed by atoms with van der Waals surface area (Å²) >= 11 is 0. The first kappa shape index (κ1) is 17.5. The molecular weight excluding hydrogens is 326 g/mol. The van der Waals surface area contributed by atoms with Crippen LogP contribution < -0.4 is 9.47 Å². The van der Waals surface area contributed by atoms with Crippen LogP contribution in [0.2, 0.25) is 0 Å². The fourth-order valence-corrected chi connectivity index (χ4v) is 3.05. The number of carbonyl (C=O) groups excluding carboxylic acids is 2. The molecule has 1 amide bonds. The Morgan fingerprint density at radius 1 is 1.24 bits per heavy atom. The van der Waals surface area contributed by atoms with Crippen molar-refractivity contribution in [3.05, 3.63) is 23.8 Å². The summed E-state index contributed by atoms with van der Waals surface area (Å²) in [5.74, 6) is 0.498. The molecule has 136 valence electrons. The van der Waals surface area contributed by atoms with Gasteiger partial charge in [0.2, 0.25) is 0 Å². The second kappa shape index (κ2) is 8.20. The lowest BCUT2D eigenvalue weighted by Crippen LogP contribution is -2.39. The summed E-state index contributed by atoms with van der Waals surface area (Å²) in [4.78, 5) is 26.2. The molecule has 1 aromatic carbocycles. The lowest BCUT2D eigenvalue weighted by Gasteiger charge is -2.27. The molecule has 1 saturated heterocycles. The van der Waals surface area contributed by atoms with Crippen LogP contribution in [0.3, 0.4) is 0 Å². The summed E-state index contributed by atoms with van der Waals surface area (Å²) in [5.41, 5.74) is 0.445. The maximum absolute atomic E-state index is 13.1. The van der Waals surface area contributed by atoms with E-state index >= 15 is 0 Å². The molecule has 1 fully saturated rings. The molecule has 1 aromatic rings. The average Bonchev–Trinajstić information content (AvgIpc) is 3.17. The van der Waals surface area contributed by atoms with Crippen molar-refractivity contribution >= 4 is 11.9 Å². The molecule has 0 aromatic heterocycles. The highest BCUT2D eigenvalue weighted by atomic mass is 16.6. The number of carbonyl (C=O) groups is 2. The second-order valence-corrected chi connectivity index (χ2v) is 6.04. The highest BCUT2D eigenvalue weighted by molar-refractivity contribution is 5.98. The molecule has 7 heteroatoms. The Morgan fingerprint density at radius 3 is 2.84 bits per heavy atom. The lowest BCUT2D eigenvalue weighted by atomic mass is 10.1. The van der Waals surface area contributed by atoms with E-state index in [1.165, 1.54) is 7.11 Å². The third-order valence-corrected chi connectivity index (χ3v) is 4.35. The van der Waals surface area contributed by atoms with Crippen LogP contribution in [0, 0.1) is 0 Å². The molecular formula is C18H23NO6. The average molecular weight is 349 g/mol. The molecule has 7 nitrogen and oxygen atoms in total. The highest BCUT2D eigenvalue weighted by Gasteiger charge is 2.28. The smallest absolute Gasteiger partial charge is 0.307 e. The van der Waals surface area contributed by atoms with Gasteiger partial charge in [-0.3, -0.25) is 9.59 Å². The number of ether oxygens (including phenoxy) is 4. The van der Waals surface area contributed by atoms with Crippen molar-refractivity contribution in [1.82, 2.24) is 4.90 Å². The number of rotatable bonds is 6. The van der Waals surface area contributed by atoms with Gasteiger partial charge in [0, 0.05) is 19.7 Å². The molecule has 2 aliphatic rings. The molecule has 2 heterocycles. The molecule has 0 spiro atoms. The zero-order valence-corrected chi connectivity index (χ0v) is 14.4. The predicted molar refractivity (Wildman–Crippen MR) is 88.9 cm³/mol. The Kier molecular flexibility index (Phi) is 5.75. The molecule has 0 radical (unpaired) electrons. The zero-order chi connectivity index (χ0) is 17.6. The van der Waals surface area contributed by atoms with Crippen LogP contribution in [-0.4, -0.2) is 62.9 Å². The number of esters is 1. The van der Waals surface area contributed by atoms with Crippen LogP contribution in [0.1, 0.15) is 29.6 Å². The first-order valence-corrected chi connectivity index (χ1v) is 8.55. The topological polar surface area (TPSA) is 74.3 Å². The number of hydrogen-bond acceptors (Lipinski definition) is 6. The van der Waals surface area contributed by atoms with Crippen molar-refractivity contribution in [2.75, 3.05) is 40.0 Å². The van der Waals surface area contributed by atoms with Gasteiger partial charge in [0.25, 0.3) is 5.91 Å². The van der Waals surface area contributed by atoms with Crippen molar-refractivity contribution in [1.29, 1.82) is 0 Å². The third kappa shape index (κ3) is 4.22. The fourth-order valence-electron chi connectivity index (χ4n) is 3.05. The van der Waals surface area contributed by atoms with Gasteiger partial charge in [-0.25, -0.2) is 0 Å². The van der Waals surface area contributed by atoms with Gasteiger partial charge in [0.15, 0.2) is 11.5 Å². The van der Waals surface area contributed by atoms with Gasteiger partial charge in [-0.2, -0.15) is 0 Å². The Hall–Kier alpha value is -2.28. The minimum Gasteiger partial charge on any atom is -0.486 e. The van der Waals surface area contributed by atoms with E-state index in [2.05, 4.69) is 0 Å². The van der Waals surface area contributed by atoms with E-state index in [1.807, 2.05) is 0 Å². The summed E-state index contributed by atoms with van der Waals surface area (Å²) in [6.45, 7) is 2.30. The van der Waals surface area contributed by atoms with Gasteiger partial charge < -0.3 is 23.8 Å². The predicted octanol–water partition coefficient (Wildman–Crippen LogP) is 1.64. The Morgan fingerprint density at radius 2 is 2.08 bits per heavy atom. The van der Waals surface area contributed by atoms with Crippen LogP contribution in [0.25, 0.3) is 0 Å². The van der Waals surface area contributed by atoms with Gasteiger partial charge in [-0.15, -0.1) is 0 Å².